The fraction of sp³-hybridized carbons (Fsp3) is 0.391. The van der Waals surface area contributed by atoms with Crippen LogP contribution in [-0.4, -0.2) is 41.5 Å². The number of aromatic nitrogens is 1. The number of carbonyl (C=O) groups excluding carboxylic acids is 2. The van der Waals surface area contributed by atoms with Crippen molar-refractivity contribution in [1.82, 2.24) is 9.88 Å². The summed E-state index contributed by atoms with van der Waals surface area (Å²) in [6, 6.07) is 10.4. The van der Waals surface area contributed by atoms with E-state index in [-0.39, 0.29) is 24.9 Å². The summed E-state index contributed by atoms with van der Waals surface area (Å²) in [7, 11) is 0. The first kappa shape index (κ1) is 19.7. The highest BCUT2D eigenvalue weighted by molar-refractivity contribution is 7.13. The number of rotatable bonds is 6. The average molecular weight is 411 g/mol. The van der Waals surface area contributed by atoms with Gasteiger partial charge < -0.3 is 14.6 Å². The number of H-pyrrole nitrogens is 1. The van der Waals surface area contributed by atoms with Gasteiger partial charge in [-0.05, 0) is 61.7 Å². The number of thiophene rings is 1. The molecular formula is C23H26N2O3S. The van der Waals surface area contributed by atoms with Crippen LogP contribution in [0.2, 0.25) is 0 Å². The summed E-state index contributed by atoms with van der Waals surface area (Å²) in [4.78, 5) is 31.0. The SMILES string of the molecule is Cc1ccc2[nH]c(-c3cccs3)c(CCC(=O)OCC(=O)N3CCCCC3)c2c1. The molecule has 1 aliphatic heterocycles. The number of piperidine rings is 1. The van der Waals surface area contributed by atoms with Gasteiger partial charge in [-0.3, -0.25) is 9.59 Å². The van der Waals surface area contributed by atoms with Crippen LogP contribution in [0.15, 0.2) is 35.7 Å². The van der Waals surface area contributed by atoms with Gasteiger partial charge in [0.1, 0.15) is 0 Å². The molecule has 2 aromatic heterocycles. The molecule has 1 N–H and O–H groups in total. The lowest BCUT2D eigenvalue weighted by molar-refractivity contribution is -0.152. The number of amides is 1. The molecule has 1 aromatic carbocycles. The fourth-order valence-corrected chi connectivity index (χ4v) is 4.68. The molecule has 0 saturated carbocycles. The summed E-state index contributed by atoms with van der Waals surface area (Å²) in [5.41, 5.74) is 4.45. The van der Waals surface area contributed by atoms with E-state index < -0.39 is 0 Å². The molecule has 0 spiro atoms. The Kier molecular flexibility index (Phi) is 6.00. The van der Waals surface area contributed by atoms with E-state index in [1.54, 1.807) is 16.2 Å². The maximum Gasteiger partial charge on any atom is 0.306 e. The Morgan fingerprint density at radius 1 is 1.17 bits per heavy atom. The van der Waals surface area contributed by atoms with Crippen LogP contribution in [0.1, 0.15) is 36.8 Å². The zero-order valence-electron chi connectivity index (χ0n) is 16.7. The van der Waals surface area contributed by atoms with E-state index in [0.29, 0.717) is 6.42 Å². The number of hydrogen-bond acceptors (Lipinski definition) is 4. The highest BCUT2D eigenvalue weighted by Gasteiger charge is 2.19. The number of aryl methyl sites for hydroxylation is 2. The summed E-state index contributed by atoms with van der Waals surface area (Å²) in [5.74, 6) is -0.408. The summed E-state index contributed by atoms with van der Waals surface area (Å²) in [6.45, 7) is 3.47. The fourth-order valence-electron chi connectivity index (χ4n) is 3.93. The van der Waals surface area contributed by atoms with Crippen molar-refractivity contribution in [3.8, 4) is 10.6 Å². The maximum absolute atomic E-state index is 12.3. The lowest BCUT2D eigenvalue weighted by Crippen LogP contribution is -2.38. The van der Waals surface area contributed by atoms with E-state index in [1.807, 2.05) is 6.07 Å². The van der Waals surface area contributed by atoms with Gasteiger partial charge in [0.2, 0.25) is 0 Å². The van der Waals surface area contributed by atoms with E-state index in [0.717, 1.165) is 53.0 Å². The van der Waals surface area contributed by atoms with Crippen molar-refractivity contribution >= 4 is 34.1 Å². The Labute approximate surface area is 174 Å². The van der Waals surface area contributed by atoms with Crippen molar-refractivity contribution < 1.29 is 14.3 Å². The van der Waals surface area contributed by atoms with Crippen molar-refractivity contribution in [3.05, 3.63) is 46.8 Å². The van der Waals surface area contributed by atoms with Crippen LogP contribution >= 0.6 is 11.3 Å². The van der Waals surface area contributed by atoms with Crippen LogP contribution in [-0.2, 0) is 20.7 Å². The van der Waals surface area contributed by atoms with Crippen LogP contribution in [0.25, 0.3) is 21.5 Å². The Morgan fingerprint density at radius 3 is 2.76 bits per heavy atom. The van der Waals surface area contributed by atoms with Gasteiger partial charge in [-0.15, -0.1) is 11.3 Å². The van der Waals surface area contributed by atoms with Gasteiger partial charge in [0.25, 0.3) is 5.91 Å². The molecule has 0 bridgehead atoms. The number of aromatic amines is 1. The summed E-state index contributed by atoms with van der Waals surface area (Å²) in [5, 5.41) is 3.20. The molecule has 5 nitrogen and oxygen atoms in total. The third kappa shape index (κ3) is 4.53. The number of fused-ring (bicyclic) bond motifs is 1. The van der Waals surface area contributed by atoms with Crippen molar-refractivity contribution in [2.45, 2.75) is 39.0 Å². The third-order valence-electron chi connectivity index (χ3n) is 5.47. The lowest BCUT2D eigenvalue weighted by Gasteiger charge is -2.26. The highest BCUT2D eigenvalue weighted by Crippen LogP contribution is 2.34. The van der Waals surface area contributed by atoms with Crippen LogP contribution in [0, 0.1) is 6.92 Å². The summed E-state index contributed by atoms with van der Waals surface area (Å²) < 4.78 is 5.28. The number of esters is 1. The number of carbonyl (C=O) groups is 2. The molecule has 0 aliphatic carbocycles. The van der Waals surface area contributed by atoms with Crippen molar-refractivity contribution in [2.75, 3.05) is 19.7 Å². The summed E-state index contributed by atoms with van der Waals surface area (Å²) in [6.07, 6.45) is 4.07. The number of benzene rings is 1. The van der Waals surface area contributed by atoms with Crippen molar-refractivity contribution in [3.63, 3.8) is 0 Å². The van der Waals surface area contributed by atoms with E-state index >= 15 is 0 Å². The molecule has 1 amide bonds. The number of nitrogens with zero attached hydrogens (tertiary/aromatic N) is 1. The molecule has 1 aliphatic rings. The van der Waals surface area contributed by atoms with E-state index in [9.17, 15) is 9.59 Å². The molecule has 3 heterocycles. The zero-order valence-corrected chi connectivity index (χ0v) is 17.5. The topological polar surface area (TPSA) is 62.4 Å². The van der Waals surface area contributed by atoms with E-state index in [4.69, 9.17) is 4.74 Å². The van der Waals surface area contributed by atoms with Gasteiger partial charge in [-0.25, -0.2) is 0 Å². The molecule has 0 atom stereocenters. The second-order valence-electron chi connectivity index (χ2n) is 7.61. The van der Waals surface area contributed by atoms with Gasteiger partial charge in [-0.2, -0.15) is 0 Å². The molecule has 4 rings (SSSR count). The lowest BCUT2D eigenvalue weighted by atomic mass is 10.0. The van der Waals surface area contributed by atoms with Crippen molar-refractivity contribution in [1.29, 1.82) is 0 Å². The molecule has 6 heteroatoms. The van der Waals surface area contributed by atoms with Gasteiger partial charge in [-0.1, -0.05) is 17.7 Å². The Balaban J connectivity index is 1.43. The molecule has 1 saturated heterocycles. The standard InChI is InChI=1S/C23H26N2O3S/c1-16-7-9-19-18(14-16)17(23(24-19)20-6-5-13-29-20)8-10-22(27)28-15-21(26)25-11-3-2-4-12-25/h5-7,9,13-14,24H,2-4,8,10-12,15H2,1H3. The van der Waals surface area contributed by atoms with Gasteiger partial charge in [0, 0.05) is 30.4 Å². The van der Waals surface area contributed by atoms with Crippen LogP contribution in [0.3, 0.4) is 0 Å². The van der Waals surface area contributed by atoms with Gasteiger partial charge in [0.15, 0.2) is 6.61 Å². The Hall–Kier alpha value is -2.60. The predicted molar refractivity (Wildman–Crippen MR) is 116 cm³/mol. The maximum atomic E-state index is 12.3. The van der Waals surface area contributed by atoms with Crippen LogP contribution < -0.4 is 0 Å². The van der Waals surface area contributed by atoms with Gasteiger partial charge in [0.05, 0.1) is 10.6 Å². The minimum Gasteiger partial charge on any atom is -0.456 e. The second kappa shape index (κ2) is 8.82. The predicted octanol–water partition coefficient (Wildman–Crippen LogP) is 4.69. The number of hydrogen-bond donors (Lipinski definition) is 1. The molecule has 152 valence electrons. The Bertz CT molecular complexity index is 1000. The Morgan fingerprint density at radius 2 is 2.00 bits per heavy atom. The van der Waals surface area contributed by atoms with E-state index in [2.05, 4.69) is 41.6 Å². The first-order chi connectivity index (χ1) is 14.1. The molecular weight excluding hydrogens is 384 g/mol. The highest BCUT2D eigenvalue weighted by atomic mass is 32.1. The zero-order chi connectivity index (χ0) is 20.2. The van der Waals surface area contributed by atoms with Crippen molar-refractivity contribution in [2.24, 2.45) is 0 Å². The first-order valence-electron chi connectivity index (χ1n) is 10.2. The minimum atomic E-state index is -0.325. The smallest absolute Gasteiger partial charge is 0.306 e. The molecule has 0 unspecified atom stereocenters. The quantitative estimate of drug-likeness (QED) is 0.600. The molecule has 3 aromatic rings. The van der Waals surface area contributed by atoms with E-state index in [1.165, 1.54) is 12.0 Å². The largest absolute Gasteiger partial charge is 0.456 e. The van der Waals surface area contributed by atoms with Gasteiger partial charge >= 0.3 is 5.97 Å². The minimum absolute atomic E-state index is 0.0833. The number of likely N-dealkylation sites (tertiary alicyclic amines) is 1. The summed E-state index contributed by atoms with van der Waals surface area (Å²) >= 11 is 1.68. The second-order valence-corrected chi connectivity index (χ2v) is 8.55. The normalized spacial score (nSPS) is 14.3. The first-order valence-corrected chi connectivity index (χ1v) is 11.1. The molecule has 0 radical (unpaired) electrons. The molecule has 29 heavy (non-hydrogen) atoms. The number of nitrogens with one attached hydrogen (secondary N) is 1. The monoisotopic (exact) mass is 410 g/mol. The third-order valence-corrected chi connectivity index (χ3v) is 6.36. The van der Waals surface area contributed by atoms with Crippen LogP contribution in [0.4, 0.5) is 0 Å². The number of ether oxygens (including phenoxy) is 1. The van der Waals surface area contributed by atoms with Crippen LogP contribution in [0.5, 0.6) is 0 Å². The molecule has 1 fully saturated rings. The average Bonchev–Trinajstić information content (AvgIpc) is 3.38.